The molecule has 1 fully saturated rings. The lowest BCUT2D eigenvalue weighted by molar-refractivity contribution is -1.02. The fourth-order valence-electron chi connectivity index (χ4n) is 4.13. The van der Waals surface area contributed by atoms with Crippen molar-refractivity contribution < 1.29 is 28.8 Å². The van der Waals surface area contributed by atoms with Gasteiger partial charge in [-0.1, -0.05) is 6.07 Å². The molecule has 2 aliphatic heterocycles. The first kappa shape index (κ1) is 20.5. The molecule has 1 saturated heterocycles. The third-order valence-corrected chi connectivity index (χ3v) is 5.96. The van der Waals surface area contributed by atoms with Crippen LogP contribution in [0.4, 0.5) is 0 Å². The summed E-state index contributed by atoms with van der Waals surface area (Å²) in [6.07, 6.45) is 0. The minimum absolute atomic E-state index is 0.0617. The standard InChI is InChI=1S/C23H29N3O4/c1-17(19-5-8-21-22(13-19)30-16-29-21)24-23(27)15-26-11-9-25(10-12-26)14-18-3-6-20(28-2)7-4-18/h3-8,13,17H,9-12,14-16H2,1-2H3,(H,24,27)/p+2/t17-/m1/s1. The van der Waals surface area contributed by atoms with Crippen LogP contribution in [0.15, 0.2) is 42.5 Å². The van der Waals surface area contributed by atoms with E-state index in [-0.39, 0.29) is 18.7 Å². The molecule has 30 heavy (non-hydrogen) atoms. The Labute approximate surface area is 177 Å². The predicted octanol–water partition coefficient (Wildman–Crippen LogP) is -0.415. The number of carbonyl (C=O) groups excluding carboxylic acids is 1. The molecule has 7 heteroatoms. The molecule has 1 atom stereocenters. The van der Waals surface area contributed by atoms with E-state index >= 15 is 0 Å². The summed E-state index contributed by atoms with van der Waals surface area (Å²) in [5.41, 5.74) is 2.35. The molecular formula is C23H31N3O4+2. The second-order valence-electron chi connectivity index (χ2n) is 8.10. The number of carbonyl (C=O) groups is 1. The van der Waals surface area contributed by atoms with Gasteiger partial charge < -0.3 is 29.3 Å². The number of fused-ring (bicyclic) bond motifs is 1. The lowest BCUT2D eigenvalue weighted by atomic mass is 10.1. The van der Waals surface area contributed by atoms with Crippen molar-refractivity contribution in [2.24, 2.45) is 0 Å². The quantitative estimate of drug-likeness (QED) is 0.577. The molecule has 1 amide bonds. The van der Waals surface area contributed by atoms with Gasteiger partial charge in [0.05, 0.1) is 13.2 Å². The maximum absolute atomic E-state index is 12.6. The van der Waals surface area contributed by atoms with Gasteiger partial charge in [-0.05, 0) is 48.9 Å². The molecule has 2 aromatic carbocycles. The van der Waals surface area contributed by atoms with Crippen molar-refractivity contribution in [3.63, 3.8) is 0 Å². The highest BCUT2D eigenvalue weighted by atomic mass is 16.7. The SMILES string of the molecule is COc1ccc(C[NH+]2CC[NH+](CC(=O)N[C@H](C)c3ccc4c(c3)OCO4)CC2)cc1. The van der Waals surface area contributed by atoms with Gasteiger partial charge in [0.1, 0.15) is 38.5 Å². The Balaban J connectivity index is 1.21. The molecule has 0 aromatic heterocycles. The Morgan fingerprint density at radius 3 is 2.47 bits per heavy atom. The van der Waals surface area contributed by atoms with E-state index in [1.807, 2.05) is 37.3 Å². The number of amides is 1. The number of piperazine rings is 1. The van der Waals surface area contributed by atoms with Gasteiger partial charge in [-0.25, -0.2) is 0 Å². The largest absolute Gasteiger partial charge is 0.497 e. The van der Waals surface area contributed by atoms with E-state index in [0.29, 0.717) is 6.54 Å². The van der Waals surface area contributed by atoms with Crippen LogP contribution in [0, 0.1) is 0 Å². The zero-order valence-electron chi connectivity index (χ0n) is 17.7. The van der Waals surface area contributed by atoms with E-state index in [1.165, 1.54) is 10.5 Å². The summed E-state index contributed by atoms with van der Waals surface area (Å²) in [4.78, 5) is 15.5. The zero-order valence-corrected chi connectivity index (χ0v) is 17.7. The highest BCUT2D eigenvalue weighted by molar-refractivity contribution is 5.77. The van der Waals surface area contributed by atoms with Crippen molar-refractivity contribution >= 4 is 5.91 Å². The van der Waals surface area contributed by atoms with Crippen molar-refractivity contribution in [1.29, 1.82) is 0 Å². The number of benzene rings is 2. The van der Waals surface area contributed by atoms with Crippen LogP contribution in [0.5, 0.6) is 17.2 Å². The first-order chi connectivity index (χ1) is 14.6. The lowest BCUT2D eigenvalue weighted by Gasteiger charge is -2.29. The minimum atomic E-state index is -0.0617. The molecule has 3 N–H and O–H groups in total. The van der Waals surface area contributed by atoms with Crippen LogP contribution in [0.3, 0.4) is 0 Å². The van der Waals surface area contributed by atoms with Crippen molar-refractivity contribution in [3.05, 3.63) is 53.6 Å². The molecule has 0 spiro atoms. The van der Waals surface area contributed by atoms with Crippen LogP contribution in [-0.2, 0) is 11.3 Å². The Kier molecular flexibility index (Phi) is 6.40. The van der Waals surface area contributed by atoms with Gasteiger partial charge in [0.25, 0.3) is 5.91 Å². The number of methoxy groups -OCH3 is 1. The average Bonchev–Trinajstić information content (AvgIpc) is 3.23. The lowest BCUT2D eigenvalue weighted by Crippen LogP contribution is -3.28. The highest BCUT2D eigenvalue weighted by Gasteiger charge is 2.25. The normalized spacial score (nSPS) is 21.1. The molecule has 4 rings (SSSR count). The molecule has 0 bridgehead atoms. The maximum atomic E-state index is 12.6. The average molecular weight is 414 g/mol. The van der Waals surface area contributed by atoms with Crippen LogP contribution in [0.25, 0.3) is 0 Å². The minimum Gasteiger partial charge on any atom is -0.497 e. The van der Waals surface area contributed by atoms with Crippen LogP contribution in [0.1, 0.15) is 24.1 Å². The number of nitrogens with one attached hydrogen (secondary N) is 3. The molecule has 160 valence electrons. The molecule has 0 saturated carbocycles. The summed E-state index contributed by atoms with van der Waals surface area (Å²) in [6, 6.07) is 14.1. The van der Waals surface area contributed by atoms with E-state index in [2.05, 4.69) is 17.4 Å². The summed E-state index contributed by atoms with van der Waals surface area (Å²) in [5, 5.41) is 3.12. The molecule has 7 nitrogen and oxygen atoms in total. The van der Waals surface area contributed by atoms with Crippen LogP contribution in [-0.4, -0.2) is 52.5 Å². The van der Waals surface area contributed by atoms with E-state index in [1.54, 1.807) is 12.0 Å². The summed E-state index contributed by atoms with van der Waals surface area (Å²) < 4.78 is 16.0. The fraction of sp³-hybridized carbons (Fsp3) is 0.435. The van der Waals surface area contributed by atoms with Crippen molar-refractivity contribution in [1.82, 2.24) is 5.32 Å². The van der Waals surface area contributed by atoms with Gasteiger partial charge in [0.2, 0.25) is 6.79 Å². The Morgan fingerprint density at radius 2 is 1.73 bits per heavy atom. The second-order valence-corrected chi connectivity index (χ2v) is 8.10. The second kappa shape index (κ2) is 9.36. The Morgan fingerprint density at radius 1 is 1.03 bits per heavy atom. The summed E-state index contributed by atoms with van der Waals surface area (Å²) in [5.74, 6) is 2.49. The van der Waals surface area contributed by atoms with Crippen molar-refractivity contribution in [2.75, 3.05) is 46.6 Å². The van der Waals surface area contributed by atoms with Gasteiger partial charge in [-0.15, -0.1) is 0 Å². The van der Waals surface area contributed by atoms with Gasteiger partial charge >= 0.3 is 0 Å². The van der Waals surface area contributed by atoms with Gasteiger partial charge in [0, 0.05) is 5.56 Å². The zero-order chi connectivity index (χ0) is 20.9. The summed E-state index contributed by atoms with van der Waals surface area (Å²) >= 11 is 0. The smallest absolute Gasteiger partial charge is 0.275 e. The molecule has 2 heterocycles. The van der Waals surface area contributed by atoms with Gasteiger partial charge in [-0.3, -0.25) is 4.79 Å². The molecular weight excluding hydrogens is 382 g/mol. The summed E-state index contributed by atoms with van der Waals surface area (Å²) in [7, 11) is 1.69. The number of quaternary nitrogens is 2. The highest BCUT2D eigenvalue weighted by Crippen LogP contribution is 2.34. The topological polar surface area (TPSA) is 65.7 Å². The number of hydrogen-bond donors (Lipinski definition) is 3. The number of hydrogen-bond acceptors (Lipinski definition) is 4. The van der Waals surface area contributed by atoms with E-state index in [0.717, 1.165) is 55.5 Å². The van der Waals surface area contributed by atoms with E-state index in [4.69, 9.17) is 14.2 Å². The van der Waals surface area contributed by atoms with Gasteiger partial charge in [0.15, 0.2) is 18.0 Å². The number of ether oxygens (including phenoxy) is 3. The Hall–Kier alpha value is -2.77. The van der Waals surface area contributed by atoms with Crippen LogP contribution >= 0.6 is 0 Å². The first-order valence-electron chi connectivity index (χ1n) is 10.6. The van der Waals surface area contributed by atoms with E-state index < -0.39 is 0 Å². The summed E-state index contributed by atoms with van der Waals surface area (Å²) in [6.45, 7) is 7.97. The van der Waals surface area contributed by atoms with E-state index in [9.17, 15) is 4.79 Å². The fourth-order valence-corrected chi connectivity index (χ4v) is 4.13. The maximum Gasteiger partial charge on any atom is 0.275 e. The first-order valence-corrected chi connectivity index (χ1v) is 10.6. The van der Waals surface area contributed by atoms with Crippen LogP contribution in [0.2, 0.25) is 0 Å². The van der Waals surface area contributed by atoms with Crippen molar-refractivity contribution in [2.45, 2.75) is 19.5 Å². The third-order valence-electron chi connectivity index (χ3n) is 5.96. The third kappa shape index (κ3) is 5.04. The molecule has 0 unspecified atom stereocenters. The molecule has 2 aliphatic rings. The van der Waals surface area contributed by atoms with Crippen molar-refractivity contribution in [3.8, 4) is 17.2 Å². The molecule has 0 aliphatic carbocycles. The van der Waals surface area contributed by atoms with Gasteiger partial charge in [-0.2, -0.15) is 0 Å². The molecule has 0 radical (unpaired) electrons. The Bertz CT molecular complexity index is 863. The monoisotopic (exact) mass is 413 g/mol. The number of rotatable bonds is 7. The molecule has 2 aromatic rings. The predicted molar refractivity (Wildman–Crippen MR) is 112 cm³/mol. The van der Waals surface area contributed by atoms with Crippen LogP contribution < -0.4 is 29.3 Å².